The summed E-state index contributed by atoms with van der Waals surface area (Å²) < 4.78 is 0. The minimum absolute atomic E-state index is 0.136. The van der Waals surface area contributed by atoms with Gasteiger partial charge in [-0.15, -0.1) is 11.3 Å². The molecular weight excluding hydrogens is 292 g/mol. The van der Waals surface area contributed by atoms with Crippen LogP contribution in [0.15, 0.2) is 10.4 Å². The lowest BCUT2D eigenvalue weighted by Crippen LogP contribution is -2.42. The van der Waals surface area contributed by atoms with Gasteiger partial charge in [0.15, 0.2) is 5.96 Å². The van der Waals surface area contributed by atoms with Crippen LogP contribution in [0.25, 0.3) is 0 Å². The molecule has 22 heavy (non-hydrogen) atoms. The highest BCUT2D eigenvalue weighted by molar-refractivity contribution is 7.09. The van der Waals surface area contributed by atoms with Gasteiger partial charge in [-0.1, -0.05) is 33.6 Å². The van der Waals surface area contributed by atoms with Crippen molar-refractivity contribution in [2.24, 2.45) is 4.99 Å². The molecule has 0 radical (unpaired) electrons. The Morgan fingerprint density at radius 1 is 1.36 bits per heavy atom. The fraction of sp³-hybridized carbons (Fsp3) is 0.765. The Bertz CT molecular complexity index is 481. The molecule has 1 heterocycles. The molecule has 5 heteroatoms. The van der Waals surface area contributed by atoms with E-state index in [9.17, 15) is 0 Å². The summed E-state index contributed by atoms with van der Waals surface area (Å²) in [4.78, 5) is 9.44. The van der Waals surface area contributed by atoms with E-state index in [0.717, 1.165) is 25.5 Å². The van der Waals surface area contributed by atoms with Crippen LogP contribution in [0.4, 0.5) is 0 Å². The van der Waals surface area contributed by atoms with Gasteiger partial charge in [-0.3, -0.25) is 4.99 Å². The minimum Gasteiger partial charge on any atom is -0.357 e. The molecule has 0 unspecified atom stereocenters. The third-order valence-corrected chi connectivity index (χ3v) is 4.86. The van der Waals surface area contributed by atoms with Crippen molar-refractivity contribution in [2.45, 2.75) is 71.3 Å². The third kappa shape index (κ3) is 5.27. The van der Waals surface area contributed by atoms with Crippen molar-refractivity contribution < 1.29 is 0 Å². The highest BCUT2D eigenvalue weighted by Gasteiger charge is 2.17. The summed E-state index contributed by atoms with van der Waals surface area (Å²) in [5.41, 5.74) is 1.32. The van der Waals surface area contributed by atoms with Crippen molar-refractivity contribution >= 4 is 17.3 Å². The zero-order valence-electron chi connectivity index (χ0n) is 14.4. The maximum absolute atomic E-state index is 4.74. The molecule has 0 aromatic carbocycles. The van der Waals surface area contributed by atoms with E-state index in [4.69, 9.17) is 9.98 Å². The number of nitrogens with zero attached hydrogens (tertiary/aromatic N) is 2. The van der Waals surface area contributed by atoms with E-state index < -0.39 is 0 Å². The van der Waals surface area contributed by atoms with Crippen LogP contribution in [-0.2, 0) is 11.8 Å². The molecule has 0 spiro atoms. The van der Waals surface area contributed by atoms with E-state index in [1.165, 1.54) is 36.4 Å². The van der Waals surface area contributed by atoms with Gasteiger partial charge in [0, 0.05) is 36.3 Å². The summed E-state index contributed by atoms with van der Waals surface area (Å²) in [5.74, 6) is 0.960. The van der Waals surface area contributed by atoms with Crippen LogP contribution in [0.3, 0.4) is 0 Å². The van der Waals surface area contributed by atoms with Crippen molar-refractivity contribution in [2.75, 3.05) is 13.1 Å². The minimum atomic E-state index is 0.136. The topological polar surface area (TPSA) is 49.3 Å². The van der Waals surface area contributed by atoms with Gasteiger partial charge in [-0.2, -0.15) is 0 Å². The highest BCUT2D eigenvalue weighted by Crippen LogP contribution is 2.24. The number of nitrogens with one attached hydrogen (secondary N) is 2. The van der Waals surface area contributed by atoms with E-state index in [2.05, 4.69) is 43.7 Å². The summed E-state index contributed by atoms with van der Waals surface area (Å²) in [6.07, 6.45) is 6.14. The van der Waals surface area contributed by atoms with E-state index in [1.54, 1.807) is 11.3 Å². The van der Waals surface area contributed by atoms with E-state index >= 15 is 0 Å². The summed E-state index contributed by atoms with van der Waals surface area (Å²) in [6, 6.07) is 0.602. The van der Waals surface area contributed by atoms with Crippen molar-refractivity contribution in [1.82, 2.24) is 15.6 Å². The normalized spacial score (nSPS) is 17.0. The van der Waals surface area contributed by atoms with Crippen molar-refractivity contribution in [3.63, 3.8) is 0 Å². The molecule has 1 aliphatic carbocycles. The largest absolute Gasteiger partial charge is 0.357 e. The van der Waals surface area contributed by atoms with Crippen molar-refractivity contribution in [3.05, 3.63) is 16.1 Å². The van der Waals surface area contributed by atoms with Crippen molar-refractivity contribution in [1.29, 1.82) is 0 Å². The van der Waals surface area contributed by atoms with E-state index in [0.29, 0.717) is 6.04 Å². The Hall–Kier alpha value is -1.10. The highest BCUT2D eigenvalue weighted by atomic mass is 32.1. The molecule has 0 atom stereocenters. The zero-order valence-corrected chi connectivity index (χ0v) is 15.2. The first-order chi connectivity index (χ1) is 10.5. The molecule has 1 aliphatic rings. The molecule has 4 nitrogen and oxygen atoms in total. The molecule has 1 saturated carbocycles. The Kier molecular flexibility index (Phi) is 6.24. The van der Waals surface area contributed by atoms with Crippen LogP contribution in [0, 0.1) is 0 Å². The Labute approximate surface area is 138 Å². The molecular formula is C17H30N4S. The number of aliphatic imine (C=N–C) groups is 1. The quantitative estimate of drug-likeness (QED) is 0.644. The summed E-state index contributed by atoms with van der Waals surface area (Å²) >= 11 is 1.75. The molecule has 1 aromatic rings. The molecule has 124 valence electrons. The molecule has 0 amide bonds. The fourth-order valence-corrected chi connectivity index (χ4v) is 3.63. The maximum Gasteiger partial charge on any atom is 0.191 e. The monoisotopic (exact) mass is 322 g/mol. The lowest BCUT2D eigenvalue weighted by molar-refractivity contribution is 0.570. The standard InChI is InChI=1S/C17H30N4S/c1-5-18-16(20-13-8-6-7-9-13)19-11-10-15-21-14(12-22-15)17(2,3)4/h12-13H,5-11H2,1-4H3,(H2,18,19,20). The van der Waals surface area contributed by atoms with Gasteiger partial charge < -0.3 is 10.6 Å². The second kappa shape index (κ2) is 7.95. The molecule has 1 fully saturated rings. The first kappa shape index (κ1) is 17.3. The maximum atomic E-state index is 4.74. The van der Waals surface area contributed by atoms with Crippen LogP contribution in [0.5, 0.6) is 0 Å². The molecule has 2 rings (SSSR count). The van der Waals surface area contributed by atoms with Gasteiger partial charge in [-0.05, 0) is 19.8 Å². The Morgan fingerprint density at radius 3 is 2.68 bits per heavy atom. The van der Waals surface area contributed by atoms with E-state index in [-0.39, 0.29) is 5.41 Å². The Balaban J connectivity index is 1.86. The number of rotatable bonds is 5. The smallest absolute Gasteiger partial charge is 0.191 e. The van der Waals surface area contributed by atoms with Crippen molar-refractivity contribution in [3.8, 4) is 0 Å². The van der Waals surface area contributed by atoms with Gasteiger partial charge in [0.05, 0.1) is 10.7 Å². The van der Waals surface area contributed by atoms with Crippen LogP contribution < -0.4 is 10.6 Å². The zero-order chi connectivity index (χ0) is 16.0. The molecule has 2 N–H and O–H groups in total. The van der Waals surface area contributed by atoms with Crippen LogP contribution >= 0.6 is 11.3 Å². The molecule has 1 aromatic heterocycles. The second-order valence-electron chi connectivity index (χ2n) is 7.01. The van der Waals surface area contributed by atoms with Gasteiger partial charge >= 0.3 is 0 Å². The lowest BCUT2D eigenvalue weighted by Gasteiger charge is -2.16. The molecule has 0 saturated heterocycles. The Morgan fingerprint density at radius 2 is 2.09 bits per heavy atom. The van der Waals surface area contributed by atoms with Gasteiger partial charge in [-0.25, -0.2) is 4.98 Å². The van der Waals surface area contributed by atoms with Gasteiger partial charge in [0.2, 0.25) is 0 Å². The summed E-state index contributed by atoms with van der Waals surface area (Å²) in [5, 5.41) is 10.3. The van der Waals surface area contributed by atoms with Gasteiger partial charge in [0.25, 0.3) is 0 Å². The summed E-state index contributed by atoms with van der Waals surface area (Å²) in [6.45, 7) is 10.4. The number of thiazole rings is 1. The van der Waals surface area contributed by atoms with E-state index in [1.807, 2.05) is 0 Å². The number of aromatic nitrogens is 1. The number of hydrogen-bond donors (Lipinski definition) is 2. The van der Waals surface area contributed by atoms with Crippen LogP contribution in [0.1, 0.15) is 64.1 Å². The number of hydrogen-bond acceptors (Lipinski definition) is 3. The van der Waals surface area contributed by atoms with Crippen LogP contribution in [0.2, 0.25) is 0 Å². The average Bonchev–Trinajstić information content (AvgIpc) is 3.09. The predicted octanol–water partition coefficient (Wildman–Crippen LogP) is 3.48. The second-order valence-corrected chi connectivity index (χ2v) is 7.96. The lowest BCUT2D eigenvalue weighted by atomic mass is 9.93. The first-order valence-electron chi connectivity index (χ1n) is 8.48. The fourth-order valence-electron chi connectivity index (χ4n) is 2.62. The molecule has 0 aliphatic heterocycles. The SMILES string of the molecule is CCNC(=NCCc1nc(C(C)(C)C)cs1)NC1CCCC1. The third-order valence-electron chi connectivity index (χ3n) is 3.96. The molecule has 0 bridgehead atoms. The first-order valence-corrected chi connectivity index (χ1v) is 9.36. The summed E-state index contributed by atoms with van der Waals surface area (Å²) in [7, 11) is 0. The average molecular weight is 323 g/mol. The van der Waals surface area contributed by atoms with Crippen LogP contribution in [-0.4, -0.2) is 30.1 Å². The predicted molar refractivity (Wildman–Crippen MR) is 95.9 cm³/mol. The van der Waals surface area contributed by atoms with Gasteiger partial charge in [0.1, 0.15) is 0 Å². The number of guanidine groups is 1.